The van der Waals surface area contributed by atoms with Crippen LogP contribution in [0.15, 0.2) is 54.6 Å². The Balaban J connectivity index is 1.36. The van der Waals surface area contributed by atoms with E-state index in [1.54, 1.807) is 18.2 Å². The SMILES string of the molecule is Cc1ccc(C(=O)Nc2ccc(CN3CCN(C)CC3)c(C(F)(F)F)c2)cc1C#Cc1cccc2[nH]nc(N)c12. The van der Waals surface area contributed by atoms with Crippen LogP contribution in [0.4, 0.5) is 24.7 Å². The molecule has 2 heterocycles. The lowest BCUT2D eigenvalue weighted by Crippen LogP contribution is -2.44. The first kappa shape index (κ1) is 27.2. The minimum Gasteiger partial charge on any atom is -0.382 e. The highest BCUT2D eigenvalue weighted by molar-refractivity contribution is 6.04. The summed E-state index contributed by atoms with van der Waals surface area (Å²) in [6.45, 7) is 5.10. The van der Waals surface area contributed by atoms with Gasteiger partial charge in [0.25, 0.3) is 5.91 Å². The number of nitrogens with one attached hydrogen (secondary N) is 2. The van der Waals surface area contributed by atoms with E-state index in [0.717, 1.165) is 35.6 Å². The largest absolute Gasteiger partial charge is 0.416 e. The number of anilines is 2. The Morgan fingerprint density at radius 1 is 1.05 bits per heavy atom. The predicted molar refractivity (Wildman–Crippen MR) is 150 cm³/mol. The van der Waals surface area contributed by atoms with E-state index in [4.69, 9.17) is 5.73 Å². The van der Waals surface area contributed by atoms with Crippen molar-refractivity contribution in [3.05, 3.63) is 88.0 Å². The number of likely N-dealkylation sites (N-methyl/N-ethyl adjacent to an activating group) is 1. The third-order valence-corrected chi connectivity index (χ3v) is 7.11. The number of nitrogens with two attached hydrogens (primary N) is 1. The monoisotopic (exact) mass is 546 g/mol. The van der Waals surface area contributed by atoms with Crippen LogP contribution in [0.2, 0.25) is 0 Å². The maximum absolute atomic E-state index is 14.0. The molecule has 4 aromatic rings. The minimum atomic E-state index is -4.55. The van der Waals surface area contributed by atoms with Gasteiger partial charge in [0.15, 0.2) is 5.82 Å². The van der Waals surface area contributed by atoms with Crippen molar-refractivity contribution in [3.8, 4) is 11.8 Å². The lowest BCUT2D eigenvalue weighted by Gasteiger charge is -2.33. The molecule has 206 valence electrons. The standard InChI is InChI=1S/C30H29F3N6O/c1-19-6-7-22(16-21(19)9-8-20-4-3-5-26-27(20)28(34)37-36-26)29(40)35-24-11-10-23(25(17-24)30(31,32)33)18-39-14-12-38(2)13-15-39/h3-7,10-11,16-17H,12-15,18H2,1-2H3,(H,35,40)(H3,34,36,37). The molecule has 5 rings (SSSR count). The summed E-state index contributed by atoms with van der Waals surface area (Å²) in [5, 5.41) is 10.2. The number of nitrogen functional groups attached to an aromatic ring is 1. The molecule has 1 saturated heterocycles. The number of aryl methyl sites for hydroxylation is 1. The molecule has 1 aliphatic rings. The number of fused-ring (bicyclic) bond motifs is 1. The number of H-pyrrole nitrogens is 1. The number of carbonyl (C=O) groups excluding carboxylic acids is 1. The van der Waals surface area contributed by atoms with Crippen molar-refractivity contribution in [2.24, 2.45) is 0 Å². The third kappa shape index (κ3) is 5.96. The van der Waals surface area contributed by atoms with E-state index >= 15 is 0 Å². The van der Waals surface area contributed by atoms with Gasteiger partial charge in [-0.1, -0.05) is 30.0 Å². The molecule has 3 aromatic carbocycles. The van der Waals surface area contributed by atoms with Gasteiger partial charge in [-0.2, -0.15) is 18.3 Å². The van der Waals surface area contributed by atoms with Crippen molar-refractivity contribution in [1.29, 1.82) is 0 Å². The second kappa shape index (κ2) is 11.0. The number of alkyl halides is 3. The Labute approximate surface area is 230 Å². The minimum absolute atomic E-state index is 0.0785. The van der Waals surface area contributed by atoms with Gasteiger partial charge in [-0.05, 0) is 61.5 Å². The van der Waals surface area contributed by atoms with E-state index in [0.29, 0.717) is 30.0 Å². The zero-order valence-electron chi connectivity index (χ0n) is 22.2. The highest BCUT2D eigenvalue weighted by Crippen LogP contribution is 2.35. The van der Waals surface area contributed by atoms with Crippen LogP contribution in [0, 0.1) is 18.8 Å². The van der Waals surface area contributed by atoms with E-state index in [9.17, 15) is 18.0 Å². The number of hydrogen-bond donors (Lipinski definition) is 3. The fraction of sp³-hybridized carbons (Fsp3) is 0.267. The van der Waals surface area contributed by atoms with Gasteiger partial charge in [-0.3, -0.25) is 14.8 Å². The van der Waals surface area contributed by atoms with E-state index < -0.39 is 17.6 Å². The van der Waals surface area contributed by atoms with Crippen molar-refractivity contribution < 1.29 is 18.0 Å². The fourth-order valence-corrected chi connectivity index (χ4v) is 4.74. The number of rotatable bonds is 4. The predicted octanol–water partition coefficient (Wildman–Crippen LogP) is 4.87. The van der Waals surface area contributed by atoms with Gasteiger partial charge in [-0.15, -0.1) is 0 Å². The zero-order valence-corrected chi connectivity index (χ0v) is 22.2. The van der Waals surface area contributed by atoms with Gasteiger partial charge in [0.1, 0.15) is 0 Å². The summed E-state index contributed by atoms with van der Waals surface area (Å²) in [5.41, 5.74) is 8.71. The van der Waals surface area contributed by atoms with Gasteiger partial charge in [-0.25, -0.2) is 0 Å². The van der Waals surface area contributed by atoms with E-state index in [1.807, 2.05) is 37.1 Å². The number of hydrogen-bond acceptors (Lipinski definition) is 5. The summed E-state index contributed by atoms with van der Waals surface area (Å²) in [7, 11) is 2.00. The van der Waals surface area contributed by atoms with Gasteiger partial charge >= 0.3 is 6.18 Å². The van der Waals surface area contributed by atoms with Crippen molar-refractivity contribution in [2.45, 2.75) is 19.6 Å². The van der Waals surface area contributed by atoms with Crippen LogP contribution in [-0.4, -0.2) is 59.1 Å². The van der Waals surface area contributed by atoms with Crippen molar-refractivity contribution in [3.63, 3.8) is 0 Å². The summed E-state index contributed by atoms with van der Waals surface area (Å²) in [4.78, 5) is 17.2. The first-order chi connectivity index (χ1) is 19.1. The first-order valence-corrected chi connectivity index (χ1v) is 12.9. The Morgan fingerprint density at radius 3 is 2.55 bits per heavy atom. The van der Waals surface area contributed by atoms with E-state index in [2.05, 4.69) is 32.3 Å². The van der Waals surface area contributed by atoms with Crippen molar-refractivity contribution in [1.82, 2.24) is 20.0 Å². The van der Waals surface area contributed by atoms with Crippen LogP contribution in [0.25, 0.3) is 10.9 Å². The average Bonchev–Trinajstić information content (AvgIpc) is 3.31. The van der Waals surface area contributed by atoms with Crippen LogP contribution in [0.5, 0.6) is 0 Å². The van der Waals surface area contributed by atoms with Gasteiger partial charge in [0.2, 0.25) is 0 Å². The highest BCUT2D eigenvalue weighted by Gasteiger charge is 2.34. The number of aromatic amines is 1. The molecule has 1 aromatic heterocycles. The Bertz CT molecular complexity index is 1620. The van der Waals surface area contributed by atoms with Crippen LogP contribution < -0.4 is 11.1 Å². The number of amides is 1. The molecule has 0 saturated carbocycles. The van der Waals surface area contributed by atoms with Crippen LogP contribution >= 0.6 is 0 Å². The molecule has 1 amide bonds. The van der Waals surface area contributed by atoms with Crippen LogP contribution in [0.1, 0.15) is 38.2 Å². The van der Waals surface area contributed by atoms with Gasteiger partial charge in [0, 0.05) is 55.1 Å². The summed E-state index contributed by atoms with van der Waals surface area (Å²) in [6, 6.07) is 14.5. The highest BCUT2D eigenvalue weighted by atomic mass is 19.4. The third-order valence-electron chi connectivity index (χ3n) is 7.11. The average molecular weight is 547 g/mol. The molecule has 0 bridgehead atoms. The molecule has 0 aliphatic carbocycles. The quantitative estimate of drug-likeness (QED) is 0.318. The first-order valence-electron chi connectivity index (χ1n) is 12.9. The summed E-state index contributed by atoms with van der Waals surface area (Å²) >= 11 is 0. The van der Waals surface area contributed by atoms with Gasteiger partial charge < -0.3 is 16.0 Å². The van der Waals surface area contributed by atoms with Crippen LogP contribution in [0.3, 0.4) is 0 Å². The number of benzene rings is 3. The number of piperazine rings is 1. The van der Waals surface area contributed by atoms with E-state index in [1.165, 1.54) is 12.1 Å². The van der Waals surface area contributed by atoms with E-state index in [-0.39, 0.29) is 23.4 Å². The summed E-state index contributed by atoms with van der Waals surface area (Å²) < 4.78 is 41.9. The fourth-order valence-electron chi connectivity index (χ4n) is 4.74. The smallest absolute Gasteiger partial charge is 0.382 e. The number of nitrogens with zero attached hydrogens (tertiary/aromatic N) is 3. The number of aromatic nitrogens is 2. The molecule has 10 heteroatoms. The number of halogens is 3. The maximum Gasteiger partial charge on any atom is 0.416 e. The Morgan fingerprint density at radius 2 is 1.80 bits per heavy atom. The molecule has 0 spiro atoms. The lowest BCUT2D eigenvalue weighted by molar-refractivity contribution is -0.138. The normalized spacial score (nSPS) is 14.6. The van der Waals surface area contributed by atoms with Crippen molar-refractivity contribution >= 4 is 28.3 Å². The molecule has 1 fully saturated rings. The summed E-state index contributed by atoms with van der Waals surface area (Å²) in [5.74, 6) is 6.01. The Kier molecular flexibility index (Phi) is 7.52. The maximum atomic E-state index is 14.0. The lowest BCUT2D eigenvalue weighted by atomic mass is 10.0. The Hall–Kier alpha value is -4.33. The molecule has 40 heavy (non-hydrogen) atoms. The molecule has 0 radical (unpaired) electrons. The zero-order chi connectivity index (χ0) is 28.4. The molecule has 0 atom stereocenters. The molecule has 7 nitrogen and oxygen atoms in total. The van der Waals surface area contributed by atoms with Crippen molar-refractivity contribution in [2.75, 3.05) is 44.3 Å². The molecule has 1 aliphatic heterocycles. The van der Waals surface area contributed by atoms with Crippen LogP contribution in [-0.2, 0) is 12.7 Å². The second-order valence-corrected chi connectivity index (χ2v) is 10.0. The molecular weight excluding hydrogens is 517 g/mol. The molecule has 0 unspecified atom stereocenters. The molecular formula is C30H29F3N6O. The number of carbonyl (C=O) groups is 1. The molecule has 4 N–H and O–H groups in total. The summed E-state index contributed by atoms with van der Waals surface area (Å²) in [6.07, 6.45) is -4.55. The second-order valence-electron chi connectivity index (χ2n) is 10.0. The topological polar surface area (TPSA) is 90.3 Å². The van der Waals surface area contributed by atoms with Gasteiger partial charge in [0.05, 0.1) is 16.5 Å².